The van der Waals surface area contributed by atoms with Crippen LogP contribution in [0.15, 0.2) is 0 Å². The summed E-state index contributed by atoms with van der Waals surface area (Å²) >= 11 is 0. The van der Waals surface area contributed by atoms with Crippen LogP contribution in [0.3, 0.4) is 0 Å². The number of carbonyl (C=O) groups excluding carboxylic acids is 1. The van der Waals surface area contributed by atoms with E-state index in [0.717, 1.165) is 32.5 Å². The summed E-state index contributed by atoms with van der Waals surface area (Å²) in [6.07, 6.45) is 7.01. The molecule has 0 spiro atoms. The van der Waals surface area contributed by atoms with Crippen LogP contribution < -0.4 is 10.6 Å². The molecular weight excluding hydrogens is 216 g/mol. The second kappa shape index (κ2) is 6.24. The van der Waals surface area contributed by atoms with Crippen molar-refractivity contribution in [1.29, 1.82) is 0 Å². The quantitative estimate of drug-likeness (QED) is 0.776. The van der Waals surface area contributed by atoms with E-state index in [1.165, 1.54) is 19.3 Å². The van der Waals surface area contributed by atoms with Gasteiger partial charge in [-0.05, 0) is 25.2 Å². The smallest absolute Gasteiger partial charge is 0.315 e. The van der Waals surface area contributed by atoms with Gasteiger partial charge in [-0.3, -0.25) is 0 Å². The fraction of sp³-hybridized carbons (Fsp3) is 0.923. The number of carbonyl (C=O) groups is 1. The summed E-state index contributed by atoms with van der Waals surface area (Å²) < 4.78 is 5.37. The Labute approximate surface area is 103 Å². The highest BCUT2D eigenvalue weighted by Gasteiger charge is 2.24. The molecule has 1 saturated carbocycles. The van der Waals surface area contributed by atoms with Gasteiger partial charge in [0.15, 0.2) is 0 Å². The summed E-state index contributed by atoms with van der Waals surface area (Å²) in [4.78, 5) is 11.9. The maximum Gasteiger partial charge on any atom is 0.315 e. The van der Waals surface area contributed by atoms with Gasteiger partial charge < -0.3 is 15.4 Å². The molecular formula is C13H24N2O2. The highest BCUT2D eigenvalue weighted by molar-refractivity contribution is 5.74. The first-order valence-electron chi connectivity index (χ1n) is 6.90. The maximum absolute atomic E-state index is 11.9. The molecule has 1 heterocycles. The molecule has 0 aromatic rings. The number of amides is 2. The molecule has 2 atom stereocenters. The first-order chi connectivity index (χ1) is 8.25. The molecule has 2 amide bonds. The summed E-state index contributed by atoms with van der Waals surface area (Å²) in [5, 5.41) is 6.18. The van der Waals surface area contributed by atoms with Gasteiger partial charge in [0.1, 0.15) is 0 Å². The van der Waals surface area contributed by atoms with Crippen molar-refractivity contribution in [2.24, 2.45) is 5.92 Å². The standard InChI is InChI=1S/C13H24N2O2/c1-10-9-17-8-7-12(10)15-13(16)14-11-5-3-2-4-6-11/h10-12H,2-9H2,1H3,(H2,14,15,16). The molecule has 2 unspecified atom stereocenters. The number of hydrogen-bond acceptors (Lipinski definition) is 2. The zero-order chi connectivity index (χ0) is 12.1. The van der Waals surface area contributed by atoms with E-state index in [4.69, 9.17) is 4.74 Å². The van der Waals surface area contributed by atoms with Crippen molar-refractivity contribution in [2.45, 2.75) is 57.5 Å². The monoisotopic (exact) mass is 240 g/mol. The van der Waals surface area contributed by atoms with E-state index in [9.17, 15) is 4.79 Å². The SMILES string of the molecule is CC1COCCC1NC(=O)NC1CCCCC1. The third kappa shape index (κ3) is 3.87. The van der Waals surface area contributed by atoms with E-state index in [1.54, 1.807) is 0 Å². The zero-order valence-corrected chi connectivity index (χ0v) is 10.7. The molecule has 98 valence electrons. The molecule has 4 heteroatoms. The van der Waals surface area contributed by atoms with Crippen molar-refractivity contribution in [2.75, 3.05) is 13.2 Å². The minimum atomic E-state index is 0.00986. The lowest BCUT2D eigenvalue weighted by Crippen LogP contribution is -2.50. The Hall–Kier alpha value is -0.770. The van der Waals surface area contributed by atoms with Gasteiger partial charge in [-0.25, -0.2) is 4.79 Å². The molecule has 0 aromatic heterocycles. The Morgan fingerprint density at radius 3 is 2.59 bits per heavy atom. The summed E-state index contributed by atoms with van der Waals surface area (Å²) in [5.41, 5.74) is 0. The molecule has 1 saturated heterocycles. The predicted octanol–water partition coefficient (Wildman–Crippen LogP) is 2.04. The van der Waals surface area contributed by atoms with Gasteiger partial charge in [0.25, 0.3) is 0 Å². The normalized spacial score (nSPS) is 30.9. The van der Waals surface area contributed by atoms with Crippen molar-refractivity contribution in [3.05, 3.63) is 0 Å². The van der Waals surface area contributed by atoms with Crippen LogP contribution in [0.1, 0.15) is 45.4 Å². The van der Waals surface area contributed by atoms with Crippen molar-refractivity contribution in [1.82, 2.24) is 10.6 Å². The second-order valence-corrected chi connectivity index (χ2v) is 5.40. The number of urea groups is 1. The van der Waals surface area contributed by atoms with Crippen LogP contribution in [-0.4, -0.2) is 31.3 Å². The lowest BCUT2D eigenvalue weighted by Gasteiger charge is -2.31. The minimum Gasteiger partial charge on any atom is -0.381 e. The van der Waals surface area contributed by atoms with Crippen LogP contribution in [0.4, 0.5) is 4.79 Å². The predicted molar refractivity (Wildman–Crippen MR) is 66.9 cm³/mol. The summed E-state index contributed by atoms with van der Waals surface area (Å²) in [7, 11) is 0. The van der Waals surface area contributed by atoms with Crippen LogP contribution in [0, 0.1) is 5.92 Å². The third-order valence-electron chi connectivity index (χ3n) is 3.90. The number of ether oxygens (including phenoxy) is 1. The average Bonchev–Trinajstić information content (AvgIpc) is 2.33. The summed E-state index contributed by atoms with van der Waals surface area (Å²) in [6, 6.07) is 0.668. The van der Waals surface area contributed by atoms with Crippen molar-refractivity contribution in [3.8, 4) is 0 Å². The van der Waals surface area contributed by atoms with E-state index in [-0.39, 0.29) is 12.1 Å². The molecule has 2 N–H and O–H groups in total. The molecule has 1 aliphatic heterocycles. The van der Waals surface area contributed by atoms with Gasteiger partial charge in [0.05, 0.1) is 6.61 Å². The molecule has 2 rings (SSSR count). The molecule has 2 aliphatic rings. The third-order valence-corrected chi connectivity index (χ3v) is 3.90. The lowest BCUT2D eigenvalue weighted by molar-refractivity contribution is 0.0417. The molecule has 0 bridgehead atoms. The van der Waals surface area contributed by atoms with Crippen LogP contribution in [0.5, 0.6) is 0 Å². The van der Waals surface area contributed by atoms with Crippen molar-refractivity contribution >= 4 is 6.03 Å². The Kier molecular flexibility index (Phi) is 4.66. The molecule has 1 aliphatic carbocycles. The second-order valence-electron chi connectivity index (χ2n) is 5.40. The molecule has 0 aromatic carbocycles. The Balaban J connectivity index is 1.72. The summed E-state index contributed by atoms with van der Waals surface area (Å²) in [6.45, 7) is 3.65. The van der Waals surface area contributed by atoms with Gasteiger partial charge >= 0.3 is 6.03 Å². The largest absolute Gasteiger partial charge is 0.381 e. The zero-order valence-electron chi connectivity index (χ0n) is 10.7. The van der Waals surface area contributed by atoms with Gasteiger partial charge in [-0.2, -0.15) is 0 Å². The molecule has 2 fully saturated rings. The van der Waals surface area contributed by atoms with Crippen molar-refractivity contribution in [3.63, 3.8) is 0 Å². The van der Waals surface area contributed by atoms with Gasteiger partial charge in [0.2, 0.25) is 0 Å². The van der Waals surface area contributed by atoms with Crippen LogP contribution in [-0.2, 0) is 4.74 Å². The number of rotatable bonds is 2. The minimum absolute atomic E-state index is 0.00986. The molecule has 17 heavy (non-hydrogen) atoms. The maximum atomic E-state index is 11.9. The topological polar surface area (TPSA) is 50.4 Å². The highest BCUT2D eigenvalue weighted by Crippen LogP contribution is 2.18. The Morgan fingerprint density at radius 1 is 1.12 bits per heavy atom. The van der Waals surface area contributed by atoms with Crippen LogP contribution in [0.2, 0.25) is 0 Å². The molecule has 4 nitrogen and oxygen atoms in total. The average molecular weight is 240 g/mol. The molecule has 0 radical (unpaired) electrons. The number of hydrogen-bond donors (Lipinski definition) is 2. The first kappa shape index (κ1) is 12.7. The van der Waals surface area contributed by atoms with Gasteiger partial charge in [0, 0.05) is 18.7 Å². The Bertz CT molecular complexity index is 252. The van der Waals surface area contributed by atoms with E-state index in [2.05, 4.69) is 17.6 Å². The van der Waals surface area contributed by atoms with E-state index >= 15 is 0 Å². The number of nitrogens with one attached hydrogen (secondary N) is 2. The van der Waals surface area contributed by atoms with E-state index in [1.807, 2.05) is 0 Å². The fourth-order valence-corrected chi connectivity index (χ4v) is 2.74. The van der Waals surface area contributed by atoms with Crippen LogP contribution in [0.25, 0.3) is 0 Å². The van der Waals surface area contributed by atoms with Crippen LogP contribution >= 0.6 is 0 Å². The van der Waals surface area contributed by atoms with Gasteiger partial charge in [-0.1, -0.05) is 26.2 Å². The highest BCUT2D eigenvalue weighted by atomic mass is 16.5. The van der Waals surface area contributed by atoms with Crippen molar-refractivity contribution < 1.29 is 9.53 Å². The first-order valence-corrected chi connectivity index (χ1v) is 6.90. The summed E-state index contributed by atoms with van der Waals surface area (Å²) in [5.74, 6) is 0.417. The van der Waals surface area contributed by atoms with E-state index in [0.29, 0.717) is 12.0 Å². The lowest BCUT2D eigenvalue weighted by atomic mass is 9.95. The van der Waals surface area contributed by atoms with E-state index < -0.39 is 0 Å². The fourth-order valence-electron chi connectivity index (χ4n) is 2.74. The Morgan fingerprint density at radius 2 is 1.88 bits per heavy atom. The van der Waals surface area contributed by atoms with Gasteiger partial charge in [-0.15, -0.1) is 0 Å².